The van der Waals surface area contributed by atoms with Crippen LogP contribution in [0.3, 0.4) is 0 Å². The molecule has 1 atom stereocenters. The minimum absolute atomic E-state index is 0.00325. The predicted octanol–water partition coefficient (Wildman–Crippen LogP) is 3.31. The summed E-state index contributed by atoms with van der Waals surface area (Å²) < 4.78 is 0.956. The number of benzene rings is 2. The summed E-state index contributed by atoms with van der Waals surface area (Å²) in [6, 6.07) is 12.8. The smallest absolute Gasteiger partial charge is 0.269 e. The molecule has 2 aromatic carbocycles. The van der Waals surface area contributed by atoms with Gasteiger partial charge in [0.05, 0.1) is 11.1 Å². The van der Waals surface area contributed by atoms with Crippen molar-refractivity contribution in [3.8, 4) is 0 Å². The number of nitrogens with one attached hydrogen (secondary N) is 2. The fourth-order valence-electron chi connectivity index (χ4n) is 1.81. The molecule has 0 unspecified atom stereocenters. The highest BCUT2D eigenvalue weighted by Gasteiger charge is 2.11. The van der Waals surface area contributed by atoms with Crippen LogP contribution in [0, 0.1) is 10.1 Å². The Bertz CT molecular complexity index is 745. The molecule has 124 valence electrons. The molecule has 0 saturated carbocycles. The van der Waals surface area contributed by atoms with E-state index >= 15 is 0 Å². The van der Waals surface area contributed by atoms with Crippen molar-refractivity contribution in [2.24, 2.45) is 5.10 Å². The Morgan fingerprint density at radius 1 is 1.21 bits per heavy atom. The van der Waals surface area contributed by atoms with Gasteiger partial charge < -0.3 is 5.32 Å². The molecular formula is C16H15BrN4O3. The molecule has 0 aliphatic rings. The molecule has 0 bridgehead atoms. The number of nitro benzene ring substituents is 1. The molecule has 0 aliphatic carbocycles. The van der Waals surface area contributed by atoms with Crippen molar-refractivity contribution in [3.05, 3.63) is 68.7 Å². The second-order valence-electron chi connectivity index (χ2n) is 4.96. The van der Waals surface area contributed by atoms with Crippen molar-refractivity contribution in [2.45, 2.75) is 13.0 Å². The summed E-state index contributed by atoms with van der Waals surface area (Å²) in [6.07, 6.45) is 1.42. The summed E-state index contributed by atoms with van der Waals surface area (Å²) in [6.45, 7) is 1.72. The lowest BCUT2D eigenvalue weighted by Gasteiger charge is -2.13. The summed E-state index contributed by atoms with van der Waals surface area (Å²) in [4.78, 5) is 22.1. The number of nitrogens with zero attached hydrogens (tertiary/aromatic N) is 2. The second-order valence-corrected chi connectivity index (χ2v) is 5.87. The van der Waals surface area contributed by atoms with E-state index in [2.05, 4.69) is 31.8 Å². The average Bonchev–Trinajstić information content (AvgIpc) is 2.57. The maximum atomic E-state index is 12.0. The van der Waals surface area contributed by atoms with Crippen LogP contribution >= 0.6 is 15.9 Å². The molecule has 7 nitrogen and oxygen atoms in total. The molecule has 0 radical (unpaired) electrons. The maximum Gasteiger partial charge on any atom is 0.269 e. The lowest BCUT2D eigenvalue weighted by molar-refractivity contribution is -0.384. The molecular weight excluding hydrogens is 376 g/mol. The third-order valence-corrected chi connectivity index (χ3v) is 3.64. The lowest BCUT2D eigenvalue weighted by Crippen LogP contribution is -2.34. The zero-order chi connectivity index (χ0) is 17.5. The summed E-state index contributed by atoms with van der Waals surface area (Å²) in [7, 11) is 0. The third kappa shape index (κ3) is 5.17. The number of non-ortho nitro benzene ring substituents is 1. The largest absolute Gasteiger partial charge is 0.374 e. The number of hydrogen-bond donors (Lipinski definition) is 2. The topological polar surface area (TPSA) is 96.6 Å². The van der Waals surface area contributed by atoms with Gasteiger partial charge >= 0.3 is 0 Å². The van der Waals surface area contributed by atoms with Gasteiger partial charge in [0.2, 0.25) is 0 Å². The number of carbonyl (C=O) groups excluding carboxylic acids is 1. The van der Waals surface area contributed by atoms with Crippen LogP contribution in [0.5, 0.6) is 0 Å². The molecule has 8 heteroatoms. The van der Waals surface area contributed by atoms with Gasteiger partial charge in [-0.15, -0.1) is 0 Å². The fraction of sp³-hybridized carbons (Fsp3) is 0.125. The van der Waals surface area contributed by atoms with Gasteiger partial charge in [0.1, 0.15) is 6.04 Å². The van der Waals surface area contributed by atoms with Crippen LogP contribution in [0.2, 0.25) is 0 Å². The van der Waals surface area contributed by atoms with Crippen LogP contribution < -0.4 is 10.7 Å². The molecule has 2 rings (SSSR count). The number of rotatable bonds is 6. The number of amides is 1. The summed E-state index contributed by atoms with van der Waals surface area (Å²) >= 11 is 3.35. The van der Waals surface area contributed by atoms with Gasteiger partial charge in [-0.2, -0.15) is 5.10 Å². The van der Waals surface area contributed by atoms with Crippen molar-refractivity contribution in [2.75, 3.05) is 5.32 Å². The van der Waals surface area contributed by atoms with Crippen LogP contribution in [-0.4, -0.2) is 23.1 Å². The normalized spacial score (nSPS) is 11.9. The molecule has 2 N–H and O–H groups in total. The Labute approximate surface area is 147 Å². The minimum Gasteiger partial charge on any atom is -0.374 e. The number of carbonyl (C=O) groups is 1. The van der Waals surface area contributed by atoms with E-state index in [1.54, 1.807) is 19.1 Å². The first kappa shape index (κ1) is 17.6. The summed E-state index contributed by atoms with van der Waals surface area (Å²) in [5.41, 5.74) is 3.90. The van der Waals surface area contributed by atoms with E-state index in [9.17, 15) is 14.9 Å². The van der Waals surface area contributed by atoms with Gasteiger partial charge in [0, 0.05) is 22.3 Å². The zero-order valence-corrected chi connectivity index (χ0v) is 14.4. The second kappa shape index (κ2) is 8.21. The highest BCUT2D eigenvalue weighted by atomic mass is 79.9. The fourth-order valence-corrected chi connectivity index (χ4v) is 2.08. The van der Waals surface area contributed by atoms with E-state index in [0.29, 0.717) is 5.56 Å². The predicted molar refractivity (Wildman–Crippen MR) is 96.1 cm³/mol. The number of hydrogen-bond acceptors (Lipinski definition) is 5. The summed E-state index contributed by atoms with van der Waals surface area (Å²) in [5, 5.41) is 17.5. The van der Waals surface area contributed by atoms with E-state index in [-0.39, 0.29) is 11.6 Å². The Hall–Kier alpha value is -2.74. The number of nitro groups is 1. The van der Waals surface area contributed by atoms with Crippen molar-refractivity contribution < 1.29 is 9.72 Å². The van der Waals surface area contributed by atoms with Gasteiger partial charge in [-0.05, 0) is 48.9 Å². The van der Waals surface area contributed by atoms with E-state index in [1.165, 1.54) is 18.3 Å². The van der Waals surface area contributed by atoms with Crippen molar-refractivity contribution in [3.63, 3.8) is 0 Å². The average molecular weight is 391 g/mol. The first-order valence-electron chi connectivity index (χ1n) is 7.05. The molecule has 1 amide bonds. The molecule has 24 heavy (non-hydrogen) atoms. The number of anilines is 1. The van der Waals surface area contributed by atoms with Crippen LogP contribution in [0.15, 0.2) is 58.1 Å². The van der Waals surface area contributed by atoms with Gasteiger partial charge in [-0.25, -0.2) is 5.43 Å². The Morgan fingerprint density at radius 3 is 2.42 bits per heavy atom. The maximum absolute atomic E-state index is 12.0. The Kier molecular flexibility index (Phi) is 6.02. The quantitative estimate of drug-likeness (QED) is 0.449. The molecule has 2 aromatic rings. The van der Waals surface area contributed by atoms with E-state index in [1.807, 2.05) is 24.3 Å². The highest BCUT2D eigenvalue weighted by molar-refractivity contribution is 9.10. The Balaban J connectivity index is 1.87. The molecule has 0 fully saturated rings. The SMILES string of the molecule is C[C@@H](Nc1ccc(Br)cc1)C(=O)N/N=C\c1ccc([N+](=O)[O-])cc1. The van der Waals surface area contributed by atoms with Crippen molar-refractivity contribution >= 4 is 39.4 Å². The zero-order valence-electron chi connectivity index (χ0n) is 12.8. The van der Waals surface area contributed by atoms with E-state index < -0.39 is 11.0 Å². The number of hydrazone groups is 1. The third-order valence-electron chi connectivity index (χ3n) is 3.11. The van der Waals surface area contributed by atoms with Crippen LogP contribution in [0.4, 0.5) is 11.4 Å². The van der Waals surface area contributed by atoms with Crippen molar-refractivity contribution in [1.29, 1.82) is 0 Å². The monoisotopic (exact) mass is 390 g/mol. The minimum atomic E-state index is -0.474. The first-order valence-corrected chi connectivity index (χ1v) is 7.84. The molecule has 0 spiro atoms. The van der Waals surface area contributed by atoms with Crippen LogP contribution in [0.1, 0.15) is 12.5 Å². The molecule has 0 saturated heterocycles. The van der Waals surface area contributed by atoms with Crippen LogP contribution in [0.25, 0.3) is 0 Å². The van der Waals surface area contributed by atoms with E-state index in [0.717, 1.165) is 10.2 Å². The highest BCUT2D eigenvalue weighted by Crippen LogP contribution is 2.15. The van der Waals surface area contributed by atoms with Gasteiger partial charge in [-0.3, -0.25) is 14.9 Å². The standard InChI is InChI=1S/C16H15BrN4O3/c1-11(19-14-6-4-13(17)5-7-14)16(22)20-18-10-12-2-8-15(9-3-12)21(23)24/h2-11,19H,1H3,(H,20,22)/b18-10-/t11-/m1/s1. The van der Waals surface area contributed by atoms with Gasteiger partial charge in [0.25, 0.3) is 11.6 Å². The molecule has 0 heterocycles. The van der Waals surface area contributed by atoms with Crippen LogP contribution in [-0.2, 0) is 4.79 Å². The van der Waals surface area contributed by atoms with Crippen molar-refractivity contribution in [1.82, 2.24) is 5.43 Å². The van der Waals surface area contributed by atoms with Gasteiger partial charge in [-0.1, -0.05) is 15.9 Å². The number of halogens is 1. The lowest BCUT2D eigenvalue weighted by atomic mass is 10.2. The Morgan fingerprint density at radius 2 is 1.83 bits per heavy atom. The first-order chi connectivity index (χ1) is 11.5. The van der Waals surface area contributed by atoms with E-state index in [4.69, 9.17) is 0 Å². The van der Waals surface area contributed by atoms with Gasteiger partial charge in [0.15, 0.2) is 0 Å². The summed E-state index contributed by atoms with van der Waals surface area (Å²) in [5.74, 6) is -0.295. The molecule has 0 aliphatic heterocycles. The molecule has 0 aromatic heterocycles.